The zero-order valence-corrected chi connectivity index (χ0v) is 30.0. The normalized spacial score (nSPS) is 12.2. The van der Waals surface area contributed by atoms with Gasteiger partial charge in [-0.25, -0.2) is 8.42 Å². The van der Waals surface area contributed by atoms with Crippen molar-refractivity contribution in [2.75, 3.05) is 17.5 Å². The minimum absolute atomic E-state index is 0.00934. The summed E-state index contributed by atoms with van der Waals surface area (Å²) in [6.45, 7) is 7.35. The Bertz CT molecular complexity index is 1760. The molecule has 4 rings (SSSR count). The summed E-state index contributed by atoms with van der Waals surface area (Å²) in [7, 11) is -4.24. The van der Waals surface area contributed by atoms with E-state index >= 15 is 0 Å². The zero-order valence-electron chi connectivity index (χ0n) is 26.8. The Morgan fingerprint density at radius 1 is 0.894 bits per heavy atom. The van der Waals surface area contributed by atoms with E-state index in [2.05, 4.69) is 21.2 Å². The number of anilines is 1. The average Bonchev–Trinajstić information content (AvgIpc) is 3.02. The van der Waals surface area contributed by atoms with Gasteiger partial charge in [-0.15, -0.1) is 0 Å². The van der Waals surface area contributed by atoms with Crippen molar-refractivity contribution in [1.82, 2.24) is 10.2 Å². The van der Waals surface area contributed by atoms with Crippen molar-refractivity contribution < 1.29 is 22.7 Å². The van der Waals surface area contributed by atoms with Gasteiger partial charge in [0.25, 0.3) is 10.0 Å². The van der Waals surface area contributed by atoms with Crippen LogP contribution in [0.4, 0.5) is 5.69 Å². The van der Waals surface area contributed by atoms with Crippen molar-refractivity contribution in [2.45, 2.75) is 57.1 Å². The number of hydrogen-bond donors (Lipinski definition) is 1. The molecular formula is C36H39BrClN3O5S. The lowest BCUT2D eigenvalue weighted by Gasteiger charge is -2.35. The first kappa shape index (κ1) is 36.0. The Kier molecular flexibility index (Phi) is 12.1. The molecule has 0 spiro atoms. The molecule has 47 heavy (non-hydrogen) atoms. The number of benzene rings is 4. The molecule has 0 aliphatic carbocycles. The van der Waals surface area contributed by atoms with Crippen LogP contribution >= 0.6 is 27.5 Å². The van der Waals surface area contributed by atoms with E-state index in [0.717, 1.165) is 9.87 Å². The van der Waals surface area contributed by atoms with Crippen molar-refractivity contribution >= 4 is 55.1 Å². The van der Waals surface area contributed by atoms with Crippen LogP contribution in [-0.4, -0.2) is 49.9 Å². The third-order valence-corrected chi connectivity index (χ3v) is 9.68. The second kappa shape index (κ2) is 15.8. The zero-order chi connectivity index (χ0) is 34.2. The van der Waals surface area contributed by atoms with Gasteiger partial charge in [0.15, 0.2) is 0 Å². The van der Waals surface area contributed by atoms with Crippen molar-refractivity contribution in [1.29, 1.82) is 0 Å². The molecular weight excluding hydrogens is 702 g/mol. The number of rotatable bonds is 13. The number of sulfonamides is 1. The summed E-state index contributed by atoms with van der Waals surface area (Å²) >= 11 is 9.68. The quantitative estimate of drug-likeness (QED) is 0.156. The largest absolute Gasteiger partial charge is 0.494 e. The van der Waals surface area contributed by atoms with Gasteiger partial charge in [0.1, 0.15) is 18.3 Å². The number of halogens is 2. The first-order valence-corrected chi connectivity index (χ1v) is 17.8. The van der Waals surface area contributed by atoms with E-state index in [1.807, 2.05) is 64.1 Å². The fourth-order valence-corrected chi connectivity index (χ4v) is 6.87. The molecule has 8 nitrogen and oxygen atoms in total. The number of carbonyl (C=O) groups excluding carboxylic acids is 2. The predicted octanol–water partition coefficient (Wildman–Crippen LogP) is 7.25. The Balaban J connectivity index is 1.82. The summed E-state index contributed by atoms with van der Waals surface area (Å²) in [5, 5.41) is 3.50. The maximum absolute atomic E-state index is 14.6. The molecule has 0 saturated heterocycles. The van der Waals surface area contributed by atoms with Gasteiger partial charge in [0.05, 0.1) is 17.2 Å². The molecule has 4 aromatic carbocycles. The van der Waals surface area contributed by atoms with Gasteiger partial charge in [0, 0.05) is 28.0 Å². The van der Waals surface area contributed by atoms with Crippen LogP contribution in [0, 0.1) is 0 Å². The lowest BCUT2D eigenvalue weighted by molar-refractivity contribution is -0.140. The van der Waals surface area contributed by atoms with E-state index in [-0.39, 0.29) is 29.5 Å². The molecule has 0 fully saturated rings. The first-order valence-electron chi connectivity index (χ1n) is 15.2. The van der Waals surface area contributed by atoms with Gasteiger partial charge in [-0.3, -0.25) is 13.9 Å². The lowest BCUT2D eigenvalue weighted by atomic mass is 10.0. The van der Waals surface area contributed by atoms with Crippen LogP contribution in [0.3, 0.4) is 0 Å². The molecule has 1 N–H and O–H groups in total. The van der Waals surface area contributed by atoms with Crippen LogP contribution in [0.2, 0.25) is 5.02 Å². The van der Waals surface area contributed by atoms with Gasteiger partial charge < -0.3 is 15.0 Å². The molecule has 0 unspecified atom stereocenters. The van der Waals surface area contributed by atoms with E-state index < -0.39 is 34.1 Å². The second-order valence-corrected chi connectivity index (χ2v) is 15.2. The molecule has 0 aromatic heterocycles. The first-order chi connectivity index (χ1) is 22.3. The van der Waals surface area contributed by atoms with E-state index in [0.29, 0.717) is 27.4 Å². The van der Waals surface area contributed by atoms with Crippen molar-refractivity contribution in [2.24, 2.45) is 0 Å². The third kappa shape index (κ3) is 10.1. The highest BCUT2D eigenvalue weighted by molar-refractivity contribution is 9.10. The van der Waals surface area contributed by atoms with Gasteiger partial charge in [-0.05, 0) is 99.5 Å². The smallest absolute Gasteiger partial charge is 0.264 e. The summed E-state index contributed by atoms with van der Waals surface area (Å²) in [5.74, 6) is -0.363. The minimum atomic E-state index is -4.24. The molecule has 0 radical (unpaired) electrons. The van der Waals surface area contributed by atoms with E-state index in [1.54, 1.807) is 54.6 Å². The number of hydrogen-bond acceptors (Lipinski definition) is 5. The van der Waals surface area contributed by atoms with Crippen LogP contribution in [0.1, 0.15) is 38.8 Å². The summed E-state index contributed by atoms with van der Waals surface area (Å²) in [6.07, 6.45) is 0.206. The number of ether oxygens (including phenoxy) is 1. The van der Waals surface area contributed by atoms with E-state index in [1.165, 1.54) is 17.0 Å². The number of nitrogens with one attached hydrogen (secondary N) is 1. The van der Waals surface area contributed by atoms with Crippen molar-refractivity contribution in [3.05, 3.63) is 124 Å². The SMILES string of the molecule is CCOc1ccc(N(CC(=O)N(Cc2cccc(Cl)c2)[C@@H](Cc2ccccc2)C(=O)NC(C)(C)C)S(=O)(=O)c2ccc(Br)cc2)cc1. The third-order valence-electron chi connectivity index (χ3n) is 7.13. The molecule has 1 atom stereocenters. The van der Waals surface area contributed by atoms with Gasteiger partial charge in [-0.2, -0.15) is 0 Å². The molecule has 11 heteroatoms. The maximum atomic E-state index is 14.6. The molecule has 4 aromatic rings. The molecule has 0 aliphatic rings. The highest BCUT2D eigenvalue weighted by Gasteiger charge is 2.35. The Hall–Kier alpha value is -3.86. The van der Waals surface area contributed by atoms with Gasteiger partial charge in [-0.1, -0.05) is 70.0 Å². The van der Waals surface area contributed by atoms with Crippen LogP contribution in [-0.2, 0) is 32.6 Å². The Morgan fingerprint density at radius 2 is 1.53 bits per heavy atom. The molecule has 0 heterocycles. The van der Waals surface area contributed by atoms with Crippen LogP contribution in [0.5, 0.6) is 5.75 Å². The number of amides is 2. The second-order valence-electron chi connectivity index (χ2n) is 12.0. The average molecular weight is 741 g/mol. The van der Waals surface area contributed by atoms with Crippen LogP contribution < -0.4 is 14.4 Å². The summed E-state index contributed by atoms with van der Waals surface area (Å²) in [6, 6.07) is 28.2. The summed E-state index contributed by atoms with van der Waals surface area (Å²) < 4.78 is 35.8. The van der Waals surface area contributed by atoms with Crippen LogP contribution in [0.15, 0.2) is 112 Å². The molecule has 248 valence electrons. The minimum Gasteiger partial charge on any atom is -0.494 e. The molecule has 0 saturated carbocycles. The summed E-state index contributed by atoms with van der Waals surface area (Å²) in [5.41, 5.74) is 1.22. The number of carbonyl (C=O) groups is 2. The van der Waals surface area contributed by atoms with Gasteiger partial charge in [0.2, 0.25) is 11.8 Å². The molecule has 2 amide bonds. The topological polar surface area (TPSA) is 96.0 Å². The fraction of sp³-hybridized carbons (Fsp3) is 0.278. The highest BCUT2D eigenvalue weighted by atomic mass is 79.9. The van der Waals surface area contributed by atoms with Gasteiger partial charge >= 0.3 is 0 Å². The lowest BCUT2D eigenvalue weighted by Crippen LogP contribution is -2.56. The maximum Gasteiger partial charge on any atom is 0.264 e. The standard InChI is InChI=1S/C36H39BrClN3O5S/c1-5-46-31-18-16-30(17-19-31)41(47(44,45)32-20-14-28(37)15-21-32)25-34(42)40(24-27-12-9-13-29(38)22-27)33(35(43)39-36(2,3)4)23-26-10-7-6-8-11-26/h6-22,33H,5,23-25H2,1-4H3,(H,39,43)/t33-/m0/s1. The highest BCUT2D eigenvalue weighted by Crippen LogP contribution is 2.28. The summed E-state index contributed by atoms with van der Waals surface area (Å²) in [4.78, 5) is 30.0. The predicted molar refractivity (Wildman–Crippen MR) is 190 cm³/mol. The Morgan fingerprint density at radius 3 is 2.13 bits per heavy atom. The number of nitrogens with zero attached hydrogens (tertiary/aromatic N) is 2. The van der Waals surface area contributed by atoms with Crippen LogP contribution in [0.25, 0.3) is 0 Å². The molecule has 0 aliphatic heterocycles. The van der Waals surface area contributed by atoms with Crippen molar-refractivity contribution in [3.63, 3.8) is 0 Å². The van der Waals surface area contributed by atoms with Crippen molar-refractivity contribution in [3.8, 4) is 5.75 Å². The molecule has 0 bridgehead atoms. The fourth-order valence-electron chi connectivity index (χ4n) is 4.98. The Labute approximate surface area is 290 Å². The van der Waals surface area contributed by atoms with E-state index in [9.17, 15) is 18.0 Å². The van der Waals surface area contributed by atoms with E-state index in [4.69, 9.17) is 16.3 Å². The monoisotopic (exact) mass is 739 g/mol.